The molecule has 0 fully saturated rings. The fourth-order valence-electron chi connectivity index (χ4n) is 1.68. The minimum Gasteiger partial charge on any atom is -0.495 e. The molecule has 0 atom stereocenters. The van der Waals surface area contributed by atoms with Gasteiger partial charge in [0.05, 0.1) is 18.9 Å². The first-order chi connectivity index (χ1) is 8.45. The molecule has 1 heterocycles. The highest BCUT2D eigenvalue weighted by Crippen LogP contribution is 2.37. The molecule has 0 radical (unpaired) electrons. The van der Waals surface area contributed by atoms with Gasteiger partial charge in [0.25, 0.3) is 0 Å². The highest BCUT2D eigenvalue weighted by molar-refractivity contribution is 7.90. The lowest BCUT2D eigenvalue weighted by molar-refractivity contribution is 0.404. The van der Waals surface area contributed by atoms with E-state index in [1.54, 1.807) is 12.1 Å². The molecular formula is C11H12N2O4S. The first-order valence-corrected chi connectivity index (χ1v) is 6.92. The summed E-state index contributed by atoms with van der Waals surface area (Å²) in [4.78, 5) is 0.100. The van der Waals surface area contributed by atoms with Crippen molar-refractivity contribution in [3.63, 3.8) is 0 Å². The van der Waals surface area contributed by atoms with Gasteiger partial charge in [-0.25, -0.2) is 8.42 Å². The number of benzene rings is 1. The number of anilines is 1. The quantitative estimate of drug-likeness (QED) is 0.902. The van der Waals surface area contributed by atoms with Gasteiger partial charge >= 0.3 is 0 Å². The molecule has 0 aliphatic rings. The Bertz CT molecular complexity index is 676. The Morgan fingerprint density at radius 3 is 2.56 bits per heavy atom. The summed E-state index contributed by atoms with van der Waals surface area (Å²) in [5.74, 6) is 0.342. The van der Waals surface area contributed by atoms with Gasteiger partial charge in [-0.2, -0.15) is 0 Å². The van der Waals surface area contributed by atoms with E-state index >= 15 is 0 Å². The number of ether oxygens (including phenoxy) is 1. The third-order valence-electron chi connectivity index (χ3n) is 2.47. The van der Waals surface area contributed by atoms with Gasteiger partial charge in [0.2, 0.25) is 5.88 Å². The maximum Gasteiger partial charge on any atom is 0.230 e. The summed E-state index contributed by atoms with van der Waals surface area (Å²) in [6.45, 7) is 0. The smallest absolute Gasteiger partial charge is 0.230 e. The van der Waals surface area contributed by atoms with Gasteiger partial charge in [-0.1, -0.05) is 17.3 Å². The normalized spacial score (nSPS) is 11.4. The van der Waals surface area contributed by atoms with Gasteiger partial charge in [-0.3, -0.25) is 0 Å². The van der Waals surface area contributed by atoms with Crippen molar-refractivity contribution in [1.82, 2.24) is 5.16 Å². The molecule has 2 aromatic rings. The lowest BCUT2D eigenvalue weighted by Crippen LogP contribution is -2.02. The maximum absolute atomic E-state index is 11.7. The van der Waals surface area contributed by atoms with Crippen LogP contribution in [-0.4, -0.2) is 26.9 Å². The molecule has 0 saturated heterocycles. The number of hydrogen-bond donors (Lipinski definition) is 1. The van der Waals surface area contributed by atoms with Crippen molar-refractivity contribution in [2.75, 3.05) is 19.1 Å². The molecular weight excluding hydrogens is 256 g/mol. The van der Waals surface area contributed by atoms with Crippen LogP contribution in [0.5, 0.6) is 5.75 Å². The Labute approximate surface area is 104 Å². The predicted octanol–water partition coefficient (Wildman–Crippen LogP) is 1.34. The summed E-state index contributed by atoms with van der Waals surface area (Å²) in [6, 6.07) is 4.78. The Morgan fingerprint density at radius 1 is 1.33 bits per heavy atom. The molecule has 0 spiro atoms. The van der Waals surface area contributed by atoms with Gasteiger partial charge in [0, 0.05) is 11.8 Å². The molecule has 1 aromatic carbocycles. The first kappa shape index (κ1) is 12.4. The molecule has 0 saturated carbocycles. The number of hydrogen-bond acceptors (Lipinski definition) is 6. The number of methoxy groups -OCH3 is 1. The van der Waals surface area contributed by atoms with Gasteiger partial charge < -0.3 is 15.0 Å². The third kappa shape index (κ3) is 2.04. The summed E-state index contributed by atoms with van der Waals surface area (Å²) in [7, 11) is -1.99. The fraction of sp³-hybridized carbons (Fsp3) is 0.182. The van der Waals surface area contributed by atoms with E-state index in [-0.39, 0.29) is 16.5 Å². The molecule has 2 rings (SSSR count). The van der Waals surface area contributed by atoms with Crippen LogP contribution in [0.1, 0.15) is 0 Å². The average Bonchev–Trinajstić information content (AvgIpc) is 2.73. The van der Waals surface area contributed by atoms with E-state index in [2.05, 4.69) is 5.16 Å². The van der Waals surface area contributed by atoms with Crippen LogP contribution in [0.4, 0.5) is 5.88 Å². The van der Waals surface area contributed by atoms with Crippen LogP contribution in [0.15, 0.2) is 33.8 Å². The zero-order valence-electron chi connectivity index (χ0n) is 9.88. The number of nitrogens with two attached hydrogens (primary N) is 1. The highest BCUT2D eigenvalue weighted by Gasteiger charge is 2.20. The van der Waals surface area contributed by atoms with E-state index in [9.17, 15) is 8.42 Å². The first-order valence-electron chi connectivity index (χ1n) is 5.02. The third-order valence-corrected chi connectivity index (χ3v) is 3.59. The zero-order chi connectivity index (χ0) is 13.3. The van der Waals surface area contributed by atoms with Crippen molar-refractivity contribution >= 4 is 15.7 Å². The summed E-state index contributed by atoms with van der Waals surface area (Å²) < 4.78 is 33.3. The largest absolute Gasteiger partial charge is 0.495 e. The number of nitrogen functional groups attached to an aromatic ring is 1. The molecule has 2 N–H and O–H groups in total. The predicted molar refractivity (Wildman–Crippen MR) is 66.0 cm³/mol. The van der Waals surface area contributed by atoms with Gasteiger partial charge in [-0.15, -0.1) is 0 Å². The summed E-state index contributed by atoms with van der Waals surface area (Å²) in [6.07, 6.45) is 2.53. The molecule has 0 bridgehead atoms. The molecule has 96 valence electrons. The minimum absolute atomic E-state index is 0.100. The van der Waals surface area contributed by atoms with E-state index in [0.717, 1.165) is 6.26 Å². The SMILES string of the molecule is COc1c(-c2cnoc2N)cccc1S(C)(=O)=O. The lowest BCUT2D eigenvalue weighted by atomic mass is 10.1. The van der Waals surface area contributed by atoms with Crippen LogP contribution in [-0.2, 0) is 9.84 Å². The topological polar surface area (TPSA) is 95.4 Å². The second kappa shape index (κ2) is 4.34. The van der Waals surface area contributed by atoms with Crippen LogP contribution < -0.4 is 10.5 Å². The van der Waals surface area contributed by atoms with Crippen LogP contribution in [0.25, 0.3) is 11.1 Å². The number of aromatic nitrogens is 1. The summed E-state index contributed by atoms with van der Waals surface area (Å²) in [5, 5.41) is 3.56. The van der Waals surface area contributed by atoms with Crippen LogP contribution in [0.3, 0.4) is 0 Å². The van der Waals surface area contributed by atoms with E-state index in [4.69, 9.17) is 15.0 Å². The standard InChI is InChI=1S/C11H12N2O4S/c1-16-10-7(8-6-13-17-11(8)12)4-3-5-9(10)18(2,14)15/h3-6H,12H2,1-2H3. The Hall–Kier alpha value is -2.02. The van der Waals surface area contributed by atoms with Crippen molar-refractivity contribution < 1.29 is 17.7 Å². The molecule has 0 aliphatic heterocycles. The second-order valence-corrected chi connectivity index (χ2v) is 5.70. The van der Waals surface area contributed by atoms with Crippen LogP contribution in [0.2, 0.25) is 0 Å². The van der Waals surface area contributed by atoms with E-state index in [1.165, 1.54) is 19.4 Å². The second-order valence-electron chi connectivity index (χ2n) is 3.71. The van der Waals surface area contributed by atoms with Crippen LogP contribution in [0, 0.1) is 0 Å². The summed E-state index contributed by atoms with van der Waals surface area (Å²) >= 11 is 0. The highest BCUT2D eigenvalue weighted by atomic mass is 32.2. The number of rotatable bonds is 3. The van der Waals surface area contributed by atoms with Crippen molar-refractivity contribution in [2.45, 2.75) is 4.90 Å². The Kier molecular flexibility index (Phi) is 3.00. The van der Waals surface area contributed by atoms with Gasteiger partial charge in [-0.05, 0) is 6.07 Å². The zero-order valence-corrected chi connectivity index (χ0v) is 10.7. The maximum atomic E-state index is 11.7. The molecule has 0 amide bonds. The fourth-order valence-corrected chi connectivity index (χ4v) is 2.54. The molecule has 7 heteroatoms. The van der Waals surface area contributed by atoms with Gasteiger partial charge in [0.1, 0.15) is 10.6 Å². The molecule has 0 aliphatic carbocycles. The number of para-hydroxylation sites is 1. The Morgan fingerprint density at radius 2 is 2.06 bits per heavy atom. The van der Waals surface area contributed by atoms with E-state index in [1.807, 2.05) is 0 Å². The molecule has 18 heavy (non-hydrogen) atoms. The van der Waals surface area contributed by atoms with E-state index < -0.39 is 9.84 Å². The number of sulfone groups is 1. The average molecular weight is 268 g/mol. The lowest BCUT2D eigenvalue weighted by Gasteiger charge is -2.11. The van der Waals surface area contributed by atoms with Crippen molar-refractivity contribution in [1.29, 1.82) is 0 Å². The Balaban J connectivity index is 2.74. The van der Waals surface area contributed by atoms with Crippen molar-refractivity contribution in [2.24, 2.45) is 0 Å². The monoisotopic (exact) mass is 268 g/mol. The van der Waals surface area contributed by atoms with E-state index in [0.29, 0.717) is 11.1 Å². The minimum atomic E-state index is -3.39. The van der Waals surface area contributed by atoms with Gasteiger partial charge in [0.15, 0.2) is 9.84 Å². The number of nitrogens with zero attached hydrogens (tertiary/aromatic N) is 1. The summed E-state index contributed by atoms with van der Waals surface area (Å²) in [5.41, 5.74) is 6.65. The molecule has 0 unspecified atom stereocenters. The molecule has 1 aromatic heterocycles. The van der Waals surface area contributed by atoms with Crippen molar-refractivity contribution in [3.05, 3.63) is 24.4 Å². The van der Waals surface area contributed by atoms with Crippen molar-refractivity contribution in [3.8, 4) is 16.9 Å². The molecule has 6 nitrogen and oxygen atoms in total. The van der Waals surface area contributed by atoms with Crippen LogP contribution >= 0.6 is 0 Å².